The zero-order chi connectivity index (χ0) is 19.5. The number of carbonyl (C=O) groups is 1. The molecule has 0 radical (unpaired) electrons. The Kier molecular flexibility index (Phi) is 3.69. The number of nitrogens with zero attached hydrogens (tertiary/aromatic N) is 3. The molecule has 0 spiro atoms. The lowest BCUT2D eigenvalue weighted by molar-refractivity contribution is -0.116. The first-order valence-corrected chi connectivity index (χ1v) is 8.54. The molecule has 1 aliphatic heterocycles. The molecule has 140 valence electrons. The van der Waals surface area contributed by atoms with Gasteiger partial charge in [0.05, 0.1) is 11.4 Å². The highest BCUT2D eigenvalue weighted by Gasteiger charge is 2.40. The predicted octanol–water partition coefficient (Wildman–Crippen LogP) is 2.54. The van der Waals surface area contributed by atoms with Gasteiger partial charge in [0.25, 0.3) is 0 Å². The summed E-state index contributed by atoms with van der Waals surface area (Å²) in [4.78, 5) is 26.2. The number of aromatic nitrogens is 3. The van der Waals surface area contributed by atoms with Gasteiger partial charge in [-0.3, -0.25) is 4.79 Å². The van der Waals surface area contributed by atoms with E-state index in [2.05, 4.69) is 10.2 Å². The Labute approximate surface area is 153 Å². The second-order valence-corrected chi connectivity index (χ2v) is 7.49. The molecule has 0 aliphatic carbocycles. The van der Waals surface area contributed by atoms with Crippen LogP contribution in [0.2, 0.25) is 0 Å². The Morgan fingerprint density at radius 2 is 2.00 bits per heavy atom. The van der Waals surface area contributed by atoms with Gasteiger partial charge in [-0.05, 0) is 17.7 Å². The van der Waals surface area contributed by atoms with E-state index >= 15 is 0 Å². The zero-order valence-corrected chi connectivity index (χ0v) is 15.1. The van der Waals surface area contributed by atoms with Gasteiger partial charge < -0.3 is 4.90 Å². The van der Waals surface area contributed by atoms with Crippen LogP contribution in [-0.2, 0) is 16.6 Å². The number of hydrogen-bond donors (Lipinski definition) is 1. The molecule has 1 aliphatic rings. The number of rotatable bonds is 2. The van der Waals surface area contributed by atoms with Crippen LogP contribution in [-0.4, -0.2) is 27.0 Å². The third kappa shape index (κ3) is 2.63. The number of halogens is 2. The van der Waals surface area contributed by atoms with Gasteiger partial charge >= 0.3 is 5.69 Å². The van der Waals surface area contributed by atoms with Crippen molar-refractivity contribution < 1.29 is 13.6 Å². The molecule has 0 bridgehead atoms. The first-order chi connectivity index (χ1) is 12.7. The van der Waals surface area contributed by atoms with Crippen molar-refractivity contribution in [3.05, 3.63) is 63.2 Å². The van der Waals surface area contributed by atoms with Gasteiger partial charge in [0.1, 0.15) is 11.6 Å². The number of pyridine rings is 1. The maximum atomic E-state index is 14.1. The van der Waals surface area contributed by atoms with Crippen LogP contribution in [0.4, 0.5) is 14.5 Å². The lowest BCUT2D eigenvalue weighted by Gasteiger charge is -2.19. The normalized spacial score (nSPS) is 15.4. The first kappa shape index (κ1) is 17.4. The quantitative estimate of drug-likeness (QED) is 0.752. The second kappa shape index (κ2) is 5.73. The lowest BCUT2D eigenvalue weighted by Crippen LogP contribution is -2.32. The molecular formula is C19H18F2N4O2. The fraction of sp³-hybridized carbons (Fsp3) is 0.316. The monoisotopic (exact) mass is 372 g/mol. The van der Waals surface area contributed by atoms with E-state index in [9.17, 15) is 18.4 Å². The van der Waals surface area contributed by atoms with Gasteiger partial charge in [-0.2, -0.15) is 5.10 Å². The highest BCUT2D eigenvalue weighted by atomic mass is 19.1. The maximum Gasteiger partial charge on any atom is 0.348 e. The summed E-state index contributed by atoms with van der Waals surface area (Å²) >= 11 is 0. The van der Waals surface area contributed by atoms with Crippen molar-refractivity contribution in [2.24, 2.45) is 0 Å². The molecule has 3 heterocycles. The third-order valence-electron chi connectivity index (χ3n) is 5.00. The van der Waals surface area contributed by atoms with Crippen LogP contribution in [0.1, 0.15) is 37.6 Å². The van der Waals surface area contributed by atoms with E-state index in [1.807, 2.05) is 13.8 Å². The van der Waals surface area contributed by atoms with Crippen molar-refractivity contribution in [2.45, 2.75) is 32.6 Å². The van der Waals surface area contributed by atoms with Crippen molar-refractivity contribution in [3.63, 3.8) is 0 Å². The van der Waals surface area contributed by atoms with Crippen molar-refractivity contribution in [1.82, 2.24) is 14.6 Å². The lowest BCUT2D eigenvalue weighted by atomic mass is 9.90. The van der Waals surface area contributed by atoms with Crippen LogP contribution in [0.5, 0.6) is 0 Å². The summed E-state index contributed by atoms with van der Waals surface area (Å²) in [6.45, 7) is 5.80. The van der Waals surface area contributed by atoms with Gasteiger partial charge in [-0.15, -0.1) is 0 Å². The van der Waals surface area contributed by atoms with Crippen molar-refractivity contribution in [3.8, 4) is 0 Å². The SMILES string of the molecule is CC(=O)N1CC(C)(C)c2c1cc(Cc1ccc(F)cc1F)c1n[nH]c(=O)n21. The number of H-pyrrole nitrogens is 1. The number of nitrogens with one attached hydrogen (secondary N) is 1. The fourth-order valence-corrected chi connectivity index (χ4v) is 3.82. The van der Waals surface area contributed by atoms with Gasteiger partial charge in [0.2, 0.25) is 5.91 Å². The summed E-state index contributed by atoms with van der Waals surface area (Å²) in [7, 11) is 0. The minimum atomic E-state index is -0.671. The van der Waals surface area contributed by atoms with E-state index in [-0.39, 0.29) is 17.9 Å². The van der Waals surface area contributed by atoms with Crippen LogP contribution in [0.3, 0.4) is 0 Å². The van der Waals surface area contributed by atoms with E-state index in [4.69, 9.17) is 0 Å². The molecule has 0 saturated heterocycles. The molecule has 0 atom stereocenters. The Hall–Kier alpha value is -3.03. The van der Waals surface area contributed by atoms with Crippen LogP contribution < -0.4 is 10.6 Å². The molecule has 0 saturated carbocycles. The summed E-state index contributed by atoms with van der Waals surface area (Å²) in [6, 6.07) is 5.14. The number of carbonyl (C=O) groups excluding carboxylic acids is 1. The molecule has 27 heavy (non-hydrogen) atoms. The van der Waals surface area contributed by atoms with Crippen molar-refractivity contribution in [2.75, 3.05) is 11.4 Å². The van der Waals surface area contributed by atoms with Crippen LogP contribution >= 0.6 is 0 Å². The molecule has 8 heteroatoms. The summed E-state index contributed by atoms with van der Waals surface area (Å²) in [5.41, 5.74) is 1.66. The summed E-state index contributed by atoms with van der Waals surface area (Å²) in [5.74, 6) is -1.47. The minimum absolute atomic E-state index is 0.110. The van der Waals surface area contributed by atoms with Gasteiger partial charge in [-0.25, -0.2) is 23.1 Å². The summed E-state index contributed by atoms with van der Waals surface area (Å²) < 4.78 is 28.8. The zero-order valence-electron chi connectivity index (χ0n) is 15.1. The molecule has 0 unspecified atom stereocenters. The van der Waals surface area contributed by atoms with E-state index in [1.165, 1.54) is 23.5 Å². The Bertz CT molecular complexity index is 1150. The van der Waals surface area contributed by atoms with Gasteiger partial charge in [-0.1, -0.05) is 19.9 Å². The van der Waals surface area contributed by atoms with E-state index in [1.54, 1.807) is 11.0 Å². The van der Waals surface area contributed by atoms with Crippen molar-refractivity contribution >= 4 is 17.2 Å². The molecule has 1 aromatic carbocycles. The van der Waals surface area contributed by atoms with Crippen LogP contribution in [0, 0.1) is 11.6 Å². The number of hydrogen-bond acceptors (Lipinski definition) is 3. The Morgan fingerprint density at radius 1 is 1.26 bits per heavy atom. The number of fused-ring (bicyclic) bond motifs is 3. The topological polar surface area (TPSA) is 70.5 Å². The molecule has 1 N–H and O–H groups in total. The Balaban J connectivity index is 1.97. The molecular weight excluding hydrogens is 354 g/mol. The van der Waals surface area contributed by atoms with Crippen LogP contribution in [0.25, 0.3) is 5.65 Å². The fourth-order valence-electron chi connectivity index (χ4n) is 3.82. The number of aromatic amines is 1. The second-order valence-electron chi connectivity index (χ2n) is 7.49. The molecule has 3 aromatic rings. The summed E-state index contributed by atoms with van der Waals surface area (Å²) in [6.07, 6.45) is 0.110. The standard InChI is InChI=1S/C19H18F2N4O2/c1-10(26)24-9-19(2,3)16-15(24)7-12(17-22-23-18(27)25(16)17)6-11-4-5-13(20)8-14(11)21/h4-5,7-8H,6,9H2,1-3H3,(H,23,27). The smallest absolute Gasteiger partial charge is 0.310 e. The minimum Gasteiger partial charge on any atom is -0.310 e. The highest BCUT2D eigenvalue weighted by Crippen LogP contribution is 2.41. The van der Waals surface area contributed by atoms with Crippen molar-refractivity contribution in [1.29, 1.82) is 0 Å². The maximum absolute atomic E-state index is 14.1. The van der Waals surface area contributed by atoms with E-state index < -0.39 is 22.7 Å². The number of benzene rings is 1. The average Bonchev–Trinajstić information content (AvgIpc) is 3.08. The number of anilines is 1. The molecule has 1 amide bonds. The largest absolute Gasteiger partial charge is 0.348 e. The molecule has 4 rings (SSSR count). The molecule has 6 nitrogen and oxygen atoms in total. The van der Waals surface area contributed by atoms with E-state index in [0.717, 1.165) is 6.07 Å². The van der Waals surface area contributed by atoms with Crippen LogP contribution in [0.15, 0.2) is 29.1 Å². The number of amides is 1. The molecule has 2 aromatic heterocycles. The summed E-state index contributed by atoms with van der Waals surface area (Å²) in [5, 5.41) is 6.54. The third-order valence-corrected chi connectivity index (χ3v) is 5.00. The first-order valence-electron chi connectivity index (χ1n) is 8.54. The van der Waals surface area contributed by atoms with E-state index in [0.29, 0.717) is 29.1 Å². The van der Waals surface area contributed by atoms with Gasteiger partial charge in [0, 0.05) is 36.9 Å². The average molecular weight is 372 g/mol. The van der Waals surface area contributed by atoms with Gasteiger partial charge in [0.15, 0.2) is 5.65 Å². The Morgan fingerprint density at radius 3 is 2.67 bits per heavy atom. The predicted molar refractivity (Wildman–Crippen MR) is 96.0 cm³/mol. The highest BCUT2D eigenvalue weighted by molar-refractivity contribution is 5.95. The molecule has 0 fully saturated rings.